The van der Waals surface area contributed by atoms with Crippen LogP contribution in [0.25, 0.3) is 5.76 Å². The SMILES string of the molecule is COc1cccc(C2/C(=C(/O)c3ccc4c(c3)OCCO4)C(=O)C(=O)N2c2ccc(C)c(C)c2)c1. The third kappa shape index (κ3) is 3.89. The van der Waals surface area contributed by atoms with Gasteiger partial charge in [-0.3, -0.25) is 14.5 Å². The van der Waals surface area contributed by atoms with Crippen LogP contribution in [0.4, 0.5) is 5.69 Å². The zero-order valence-electron chi connectivity index (χ0n) is 19.7. The number of amides is 1. The van der Waals surface area contributed by atoms with Crippen LogP contribution in [0.5, 0.6) is 17.2 Å². The molecule has 178 valence electrons. The molecule has 1 fully saturated rings. The maximum absolute atomic E-state index is 13.4. The van der Waals surface area contributed by atoms with Crippen LogP contribution in [-0.2, 0) is 9.59 Å². The van der Waals surface area contributed by atoms with Crippen molar-refractivity contribution in [3.05, 3.63) is 88.5 Å². The van der Waals surface area contributed by atoms with E-state index in [1.807, 2.05) is 38.1 Å². The highest BCUT2D eigenvalue weighted by atomic mass is 16.6. The van der Waals surface area contributed by atoms with E-state index in [1.54, 1.807) is 43.5 Å². The lowest BCUT2D eigenvalue weighted by Crippen LogP contribution is -2.29. The summed E-state index contributed by atoms with van der Waals surface area (Å²) < 4.78 is 16.6. The number of carbonyl (C=O) groups excluding carboxylic acids is 2. The Bertz CT molecular complexity index is 1380. The molecule has 0 aromatic heterocycles. The number of methoxy groups -OCH3 is 1. The van der Waals surface area contributed by atoms with E-state index < -0.39 is 17.7 Å². The second-order valence-electron chi connectivity index (χ2n) is 8.57. The molecule has 7 nitrogen and oxygen atoms in total. The van der Waals surface area contributed by atoms with E-state index in [0.717, 1.165) is 11.1 Å². The van der Waals surface area contributed by atoms with Gasteiger partial charge in [-0.2, -0.15) is 0 Å². The van der Waals surface area contributed by atoms with Crippen LogP contribution < -0.4 is 19.1 Å². The molecule has 3 aromatic rings. The molecule has 0 radical (unpaired) electrons. The first-order valence-electron chi connectivity index (χ1n) is 11.3. The Morgan fingerprint density at radius 1 is 0.943 bits per heavy atom. The summed E-state index contributed by atoms with van der Waals surface area (Å²) in [4.78, 5) is 28.2. The fourth-order valence-corrected chi connectivity index (χ4v) is 4.45. The lowest BCUT2D eigenvalue weighted by Gasteiger charge is -2.26. The number of hydrogen-bond acceptors (Lipinski definition) is 6. The molecular weight excluding hydrogens is 446 g/mol. The molecule has 1 saturated heterocycles. The van der Waals surface area contributed by atoms with Gasteiger partial charge in [0.1, 0.15) is 24.7 Å². The molecule has 1 atom stereocenters. The molecule has 3 aromatic carbocycles. The van der Waals surface area contributed by atoms with Gasteiger partial charge in [-0.1, -0.05) is 18.2 Å². The van der Waals surface area contributed by atoms with E-state index in [1.165, 1.54) is 4.90 Å². The first kappa shape index (κ1) is 22.5. The van der Waals surface area contributed by atoms with Crippen molar-refractivity contribution in [1.82, 2.24) is 0 Å². The summed E-state index contributed by atoms with van der Waals surface area (Å²) in [6.07, 6.45) is 0. The standard InChI is InChI=1S/C28H25NO6/c1-16-7-9-20(13-17(16)2)29-25(18-5-4-6-21(14-18)33-3)24(27(31)28(29)32)26(30)19-8-10-22-23(15-19)35-12-11-34-22/h4-10,13-15,25,30H,11-12H2,1-3H3/b26-24-. The first-order chi connectivity index (χ1) is 16.9. The molecule has 2 aliphatic rings. The Morgan fingerprint density at radius 3 is 2.46 bits per heavy atom. The minimum Gasteiger partial charge on any atom is -0.507 e. The van der Waals surface area contributed by atoms with E-state index in [-0.39, 0.29) is 11.3 Å². The van der Waals surface area contributed by atoms with Crippen molar-refractivity contribution in [2.45, 2.75) is 19.9 Å². The van der Waals surface area contributed by atoms with Crippen molar-refractivity contribution in [2.24, 2.45) is 0 Å². The Kier molecular flexibility index (Phi) is 5.68. The summed E-state index contributed by atoms with van der Waals surface area (Å²) in [6.45, 7) is 4.76. The number of nitrogens with zero attached hydrogens (tertiary/aromatic N) is 1. The average molecular weight is 472 g/mol. The van der Waals surface area contributed by atoms with Crippen molar-refractivity contribution in [3.8, 4) is 17.2 Å². The Balaban J connectivity index is 1.71. The topological polar surface area (TPSA) is 85.3 Å². The third-order valence-electron chi connectivity index (χ3n) is 6.44. The van der Waals surface area contributed by atoms with Crippen molar-refractivity contribution < 1.29 is 28.9 Å². The van der Waals surface area contributed by atoms with E-state index in [4.69, 9.17) is 14.2 Å². The fraction of sp³-hybridized carbons (Fsp3) is 0.214. The van der Waals surface area contributed by atoms with Crippen LogP contribution in [0.3, 0.4) is 0 Å². The van der Waals surface area contributed by atoms with E-state index in [2.05, 4.69) is 0 Å². The van der Waals surface area contributed by atoms with Gasteiger partial charge in [-0.25, -0.2) is 0 Å². The molecule has 2 aliphatic heterocycles. The lowest BCUT2D eigenvalue weighted by atomic mass is 9.94. The molecule has 35 heavy (non-hydrogen) atoms. The lowest BCUT2D eigenvalue weighted by molar-refractivity contribution is -0.132. The summed E-state index contributed by atoms with van der Waals surface area (Å²) in [5, 5.41) is 11.4. The smallest absolute Gasteiger partial charge is 0.300 e. The van der Waals surface area contributed by atoms with Gasteiger partial charge in [-0.05, 0) is 73.0 Å². The number of aliphatic hydroxyl groups is 1. The Hall–Kier alpha value is -4.26. The van der Waals surface area contributed by atoms with Gasteiger partial charge in [0.15, 0.2) is 11.5 Å². The van der Waals surface area contributed by atoms with Crippen molar-refractivity contribution in [1.29, 1.82) is 0 Å². The van der Waals surface area contributed by atoms with Crippen LogP contribution in [0.15, 0.2) is 66.2 Å². The van der Waals surface area contributed by atoms with Crippen LogP contribution in [0.1, 0.15) is 28.3 Å². The van der Waals surface area contributed by atoms with Crippen molar-refractivity contribution in [3.63, 3.8) is 0 Å². The molecule has 1 N–H and O–H groups in total. The minimum absolute atomic E-state index is 0.00170. The molecule has 1 amide bonds. The van der Waals surface area contributed by atoms with Gasteiger partial charge in [0, 0.05) is 11.3 Å². The highest BCUT2D eigenvalue weighted by Crippen LogP contribution is 2.44. The maximum atomic E-state index is 13.4. The third-order valence-corrected chi connectivity index (χ3v) is 6.44. The van der Waals surface area contributed by atoms with E-state index >= 15 is 0 Å². The number of aliphatic hydroxyl groups excluding tert-OH is 1. The second kappa shape index (κ2) is 8.83. The van der Waals surface area contributed by atoms with Crippen LogP contribution in [-0.4, -0.2) is 37.1 Å². The number of ether oxygens (including phenoxy) is 3. The molecule has 0 spiro atoms. The molecule has 0 bridgehead atoms. The number of Topliss-reactive ketones (excluding diaryl/α,β-unsaturated/α-hetero) is 1. The largest absolute Gasteiger partial charge is 0.507 e. The molecule has 7 heteroatoms. The molecule has 2 heterocycles. The second-order valence-corrected chi connectivity index (χ2v) is 8.57. The number of benzene rings is 3. The monoisotopic (exact) mass is 471 g/mol. The molecule has 1 unspecified atom stereocenters. The minimum atomic E-state index is -0.847. The molecular formula is C28H25NO6. The Morgan fingerprint density at radius 2 is 1.71 bits per heavy atom. The van der Waals surface area contributed by atoms with Gasteiger partial charge >= 0.3 is 0 Å². The van der Waals surface area contributed by atoms with Crippen LogP contribution >= 0.6 is 0 Å². The number of rotatable bonds is 4. The summed E-state index contributed by atoms with van der Waals surface area (Å²) >= 11 is 0. The molecule has 5 rings (SSSR count). The molecule has 0 aliphatic carbocycles. The summed E-state index contributed by atoms with van der Waals surface area (Å²) in [5.74, 6) is -0.134. The summed E-state index contributed by atoms with van der Waals surface area (Å²) in [5.41, 5.74) is 3.63. The zero-order valence-corrected chi connectivity index (χ0v) is 19.7. The summed E-state index contributed by atoms with van der Waals surface area (Å²) in [6, 6.07) is 16.8. The van der Waals surface area contributed by atoms with E-state index in [0.29, 0.717) is 47.3 Å². The predicted octanol–water partition coefficient (Wildman–Crippen LogP) is 4.71. The van der Waals surface area contributed by atoms with Gasteiger partial charge in [-0.15, -0.1) is 0 Å². The number of fused-ring (bicyclic) bond motifs is 1. The van der Waals surface area contributed by atoms with Gasteiger partial charge < -0.3 is 19.3 Å². The van der Waals surface area contributed by atoms with Crippen molar-refractivity contribution in [2.75, 3.05) is 25.2 Å². The highest BCUT2D eigenvalue weighted by Gasteiger charge is 2.47. The zero-order chi connectivity index (χ0) is 24.7. The summed E-state index contributed by atoms with van der Waals surface area (Å²) in [7, 11) is 1.55. The number of aryl methyl sites for hydroxylation is 2. The predicted molar refractivity (Wildman–Crippen MR) is 131 cm³/mol. The Labute approximate surface area is 203 Å². The quantitative estimate of drug-likeness (QED) is 0.337. The van der Waals surface area contributed by atoms with Gasteiger partial charge in [0.2, 0.25) is 0 Å². The van der Waals surface area contributed by atoms with Crippen LogP contribution in [0, 0.1) is 13.8 Å². The molecule has 0 saturated carbocycles. The van der Waals surface area contributed by atoms with Crippen molar-refractivity contribution >= 4 is 23.1 Å². The van der Waals surface area contributed by atoms with E-state index in [9.17, 15) is 14.7 Å². The number of carbonyl (C=O) groups is 2. The first-order valence-corrected chi connectivity index (χ1v) is 11.3. The maximum Gasteiger partial charge on any atom is 0.300 e. The van der Waals surface area contributed by atoms with Gasteiger partial charge in [0.25, 0.3) is 11.7 Å². The normalized spacial score (nSPS) is 18.6. The van der Waals surface area contributed by atoms with Crippen LogP contribution in [0.2, 0.25) is 0 Å². The van der Waals surface area contributed by atoms with Gasteiger partial charge in [0.05, 0.1) is 18.7 Å². The average Bonchev–Trinajstić information content (AvgIpc) is 3.15. The fourth-order valence-electron chi connectivity index (χ4n) is 4.45. The number of hydrogen-bond donors (Lipinski definition) is 1. The number of anilines is 1. The highest BCUT2D eigenvalue weighted by molar-refractivity contribution is 6.51. The number of ketones is 1.